The van der Waals surface area contributed by atoms with Gasteiger partial charge in [0.2, 0.25) is 11.9 Å². The van der Waals surface area contributed by atoms with Crippen LogP contribution in [0, 0.1) is 5.92 Å². The van der Waals surface area contributed by atoms with Crippen molar-refractivity contribution < 1.29 is 56.5 Å². The van der Waals surface area contributed by atoms with Crippen LogP contribution in [0.3, 0.4) is 0 Å². The Hall–Kier alpha value is -5.06. The highest BCUT2D eigenvalue weighted by Crippen LogP contribution is 2.44. The number of anilines is 2. The van der Waals surface area contributed by atoms with Crippen molar-refractivity contribution >= 4 is 62.4 Å². The number of aliphatic hydroxyl groups excluding tert-OH is 2. The van der Waals surface area contributed by atoms with Crippen LogP contribution in [0.1, 0.15) is 36.7 Å². The number of carbonyl (C=O) groups excluding carboxylic acids is 2. The van der Waals surface area contributed by atoms with Crippen LogP contribution >= 0.6 is 16.5 Å². The number of hydrogen-bond donors (Lipinski definition) is 5. The van der Waals surface area contributed by atoms with Crippen molar-refractivity contribution in [2.24, 2.45) is 5.92 Å². The summed E-state index contributed by atoms with van der Waals surface area (Å²) in [6.07, 6.45) is -7.37. The molecule has 4 aromatic heterocycles. The van der Waals surface area contributed by atoms with Gasteiger partial charge in [-0.25, -0.2) is 19.9 Å². The van der Waals surface area contributed by atoms with Crippen LogP contribution in [-0.4, -0.2) is 111 Å². The predicted molar refractivity (Wildman–Crippen MR) is 188 cm³/mol. The predicted octanol–water partition coefficient (Wildman–Crippen LogP) is 1.45. The van der Waals surface area contributed by atoms with Gasteiger partial charge in [-0.2, -0.15) is 4.98 Å². The van der Waals surface area contributed by atoms with Gasteiger partial charge in [0.05, 0.1) is 12.7 Å². The van der Waals surface area contributed by atoms with Crippen LogP contribution in [0.25, 0.3) is 22.3 Å². The fraction of sp³-hybridized carbons (Fsp3) is 0.419. The molecule has 0 spiro atoms. The largest absolute Gasteiger partial charge is 0.698 e. The molecule has 2 bridgehead atoms. The normalized spacial score (nSPS) is 28.4. The quantitative estimate of drug-likeness (QED) is 0.152. The summed E-state index contributed by atoms with van der Waals surface area (Å²) in [4.78, 5) is 61.5. The van der Waals surface area contributed by atoms with E-state index in [9.17, 15) is 33.7 Å². The van der Waals surface area contributed by atoms with E-state index < -0.39 is 102 Å². The maximum atomic E-state index is 13.3. The van der Waals surface area contributed by atoms with Crippen LogP contribution in [0.15, 0.2) is 54.1 Å². The SMILES string of the molecule is CC(C)C(=O)Nc1nc2c(ncn2C2OC3CO[P+](=O)OC4C(O)C(CO[P+](=O)OC3C2O)OC4n2cnc3c(NC(=O)c4ccccc4)ncnc32)c(=O)[nH]1. The molecule has 25 heteroatoms. The van der Waals surface area contributed by atoms with E-state index in [2.05, 4.69) is 40.5 Å². The molecular weight excluding hydrogens is 782 g/mol. The molecule has 3 aliphatic rings. The van der Waals surface area contributed by atoms with Gasteiger partial charge in [0.1, 0.15) is 44.0 Å². The maximum absolute atomic E-state index is 13.3. The van der Waals surface area contributed by atoms with Crippen molar-refractivity contribution in [3.8, 4) is 0 Å². The minimum absolute atomic E-state index is 0.0710. The summed E-state index contributed by atoms with van der Waals surface area (Å²) in [5, 5.41) is 27.8. The van der Waals surface area contributed by atoms with Crippen molar-refractivity contribution in [3.05, 3.63) is 65.2 Å². The van der Waals surface area contributed by atoms with Crippen LogP contribution < -0.4 is 16.2 Å². The van der Waals surface area contributed by atoms with E-state index in [1.165, 1.54) is 28.1 Å². The Labute approximate surface area is 315 Å². The molecule has 1 aromatic carbocycles. The van der Waals surface area contributed by atoms with E-state index in [-0.39, 0.29) is 34.1 Å². The molecule has 10 atom stereocenters. The molecule has 23 nitrogen and oxygen atoms in total. The number of aliphatic hydroxyl groups is 2. The number of carbonyl (C=O) groups is 2. The van der Waals surface area contributed by atoms with Crippen LogP contribution in [0.5, 0.6) is 0 Å². The number of rotatable bonds is 6. The molecule has 8 rings (SSSR count). The van der Waals surface area contributed by atoms with Gasteiger partial charge in [0, 0.05) is 20.6 Å². The highest BCUT2D eigenvalue weighted by Gasteiger charge is 2.56. The van der Waals surface area contributed by atoms with E-state index >= 15 is 0 Å². The number of amides is 2. The lowest BCUT2D eigenvalue weighted by molar-refractivity contribution is -0.118. The zero-order valence-corrected chi connectivity index (χ0v) is 30.9. The van der Waals surface area contributed by atoms with Gasteiger partial charge in [0.25, 0.3) is 11.5 Å². The van der Waals surface area contributed by atoms with Gasteiger partial charge in [0.15, 0.2) is 52.8 Å². The first kappa shape index (κ1) is 37.8. The van der Waals surface area contributed by atoms with E-state index in [4.69, 9.17) is 27.6 Å². The number of fused-ring (bicyclic) bond motifs is 5. The van der Waals surface area contributed by atoms with Gasteiger partial charge >= 0.3 is 16.5 Å². The topological polar surface area (TPSA) is 295 Å². The number of imidazole rings is 2. The van der Waals surface area contributed by atoms with Crippen LogP contribution in [-0.2, 0) is 41.5 Å². The van der Waals surface area contributed by atoms with Crippen molar-refractivity contribution in [2.75, 3.05) is 23.8 Å². The van der Waals surface area contributed by atoms with Crippen molar-refractivity contribution in [2.45, 2.75) is 62.9 Å². The molecule has 0 radical (unpaired) electrons. The highest BCUT2D eigenvalue weighted by molar-refractivity contribution is 7.33. The first-order valence-corrected chi connectivity index (χ1v) is 19.2. The Balaban J connectivity index is 1.03. The summed E-state index contributed by atoms with van der Waals surface area (Å²) in [5.74, 6) is -1.38. The monoisotopic (exact) mass is 814 g/mol. The molecule has 0 saturated carbocycles. The zero-order valence-electron chi connectivity index (χ0n) is 29.1. The third-order valence-electron chi connectivity index (χ3n) is 9.10. The smallest absolute Gasteiger partial charge is 0.387 e. The number of nitrogens with zero attached hydrogens (tertiary/aromatic N) is 7. The lowest BCUT2D eigenvalue weighted by Crippen LogP contribution is -2.35. The summed E-state index contributed by atoms with van der Waals surface area (Å²) in [6.45, 7) is 2.22. The van der Waals surface area contributed by atoms with Crippen molar-refractivity contribution in [1.29, 1.82) is 0 Å². The van der Waals surface area contributed by atoms with Crippen molar-refractivity contribution in [1.82, 2.24) is 39.0 Å². The average Bonchev–Trinajstić information content (AvgIpc) is 3.95. The van der Waals surface area contributed by atoms with Crippen molar-refractivity contribution in [3.63, 3.8) is 0 Å². The van der Waals surface area contributed by atoms with E-state index in [0.29, 0.717) is 5.56 Å². The number of nitrogens with one attached hydrogen (secondary N) is 3. The van der Waals surface area contributed by atoms with E-state index in [1.807, 2.05) is 0 Å². The number of H-pyrrole nitrogens is 1. The second-order valence-electron chi connectivity index (χ2n) is 13.0. The summed E-state index contributed by atoms with van der Waals surface area (Å²) < 4.78 is 63.4. The molecule has 10 unspecified atom stereocenters. The van der Waals surface area contributed by atoms with Gasteiger partial charge in [-0.1, -0.05) is 32.0 Å². The number of aromatic amines is 1. The molecule has 5 aromatic rings. The first-order valence-electron chi connectivity index (χ1n) is 17.0. The minimum atomic E-state index is -3.05. The molecule has 2 amide bonds. The minimum Gasteiger partial charge on any atom is -0.387 e. The maximum Gasteiger partial charge on any atom is 0.698 e. The average molecular weight is 815 g/mol. The third kappa shape index (κ3) is 7.21. The van der Waals surface area contributed by atoms with Crippen LogP contribution in [0.4, 0.5) is 11.8 Å². The highest BCUT2D eigenvalue weighted by atomic mass is 31.1. The first-order chi connectivity index (χ1) is 27.0. The Morgan fingerprint density at radius 3 is 2.23 bits per heavy atom. The molecule has 3 saturated heterocycles. The second-order valence-corrected chi connectivity index (χ2v) is 14.9. The van der Waals surface area contributed by atoms with E-state index in [1.54, 1.807) is 44.2 Å². The second kappa shape index (κ2) is 15.5. The molecule has 292 valence electrons. The molecule has 5 N–H and O–H groups in total. The molecule has 7 heterocycles. The summed E-state index contributed by atoms with van der Waals surface area (Å²) >= 11 is 0. The number of ether oxygens (including phenoxy) is 2. The Bertz CT molecular complexity index is 2390. The summed E-state index contributed by atoms with van der Waals surface area (Å²) in [7, 11) is -6.08. The van der Waals surface area contributed by atoms with E-state index in [0.717, 1.165) is 0 Å². The summed E-state index contributed by atoms with van der Waals surface area (Å²) in [6, 6.07) is 8.43. The number of benzene rings is 1. The standard InChI is InChI=1S/C31H30N10O13P2/c1-13(2)26(44)38-31-37-25-18(28(46)39-31)35-12-41(25)29-20(43)21-16(52-29)9-50-56(48)54-22-19(42)15(8-49-55(47)53-21)51-30(22)40-11-34-17-23(32-10-33-24(17)40)36-27(45)14-6-4-3-5-7-14/h3-7,10-13,15-16,19-22,29-30,42-43H,8-9H2,1-2H3,(H-2,32,33,36,37,38,39,44,45,46)/p+2. The lowest BCUT2D eigenvalue weighted by atomic mass is 10.1. The molecule has 56 heavy (non-hydrogen) atoms. The van der Waals surface area contributed by atoms with Gasteiger partial charge < -0.3 is 25.0 Å². The van der Waals surface area contributed by atoms with Gasteiger partial charge in [-0.05, 0) is 12.1 Å². The van der Waals surface area contributed by atoms with Gasteiger partial charge in [-0.3, -0.25) is 33.8 Å². The molecule has 3 aliphatic heterocycles. The van der Waals surface area contributed by atoms with Crippen LogP contribution in [0.2, 0.25) is 0 Å². The molecule has 3 fully saturated rings. The zero-order chi connectivity index (χ0) is 39.2. The Morgan fingerprint density at radius 2 is 1.50 bits per heavy atom. The number of hydrogen-bond acceptors (Lipinski definition) is 18. The fourth-order valence-electron chi connectivity index (χ4n) is 6.27. The lowest BCUT2D eigenvalue weighted by Gasteiger charge is -2.17. The van der Waals surface area contributed by atoms with Gasteiger partial charge in [-0.15, -0.1) is 18.1 Å². The molecule has 0 aliphatic carbocycles. The summed E-state index contributed by atoms with van der Waals surface area (Å²) in [5.41, 5.74) is -0.193. The third-order valence-corrected chi connectivity index (χ3v) is 10.7. The Morgan fingerprint density at radius 1 is 0.839 bits per heavy atom. The Kier molecular flexibility index (Phi) is 10.5. The number of aromatic nitrogens is 8. The molecular formula is C31H32N10O13P2+2. The fourth-order valence-corrected chi connectivity index (χ4v) is 7.81.